The standard InChI is InChI=1S/C13H22N4O2S/c1-17(2)20(18,19)12-3-4-13(16-10-12)15-8-6-11-5-7-14-9-11/h3-4,10-11,14H,5-9H2,1-2H3,(H,15,16). The van der Waals surface area contributed by atoms with Crippen LogP contribution in [-0.4, -0.2) is 51.4 Å². The van der Waals surface area contributed by atoms with E-state index < -0.39 is 10.0 Å². The van der Waals surface area contributed by atoms with E-state index >= 15 is 0 Å². The third kappa shape index (κ3) is 3.68. The SMILES string of the molecule is CN(C)S(=O)(=O)c1ccc(NCCC2CCNC2)nc1. The molecular weight excluding hydrogens is 276 g/mol. The Balaban J connectivity index is 1.88. The summed E-state index contributed by atoms with van der Waals surface area (Å²) in [5.41, 5.74) is 0. The van der Waals surface area contributed by atoms with Crippen molar-refractivity contribution in [2.75, 3.05) is 39.0 Å². The van der Waals surface area contributed by atoms with Crippen molar-refractivity contribution in [3.8, 4) is 0 Å². The maximum atomic E-state index is 11.9. The van der Waals surface area contributed by atoms with Crippen LogP contribution < -0.4 is 10.6 Å². The van der Waals surface area contributed by atoms with Crippen LogP contribution in [0.1, 0.15) is 12.8 Å². The second-order valence-electron chi connectivity index (χ2n) is 5.24. The lowest BCUT2D eigenvalue weighted by Crippen LogP contribution is -2.22. The Bertz CT molecular complexity index is 522. The molecule has 2 rings (SSSR count). The summed E-state index contributed by atoms with van der Waals surface area (Å²) in [4.78, 5) is 4.37. The van der Waals surface area contributed by atoms with Crippen molar-refractivity contribution < 1.29 is 8.42 Å². The lowest BCUT2D eigenvalue weighted by molar-refractivity contribution is 0.520. The number of nitrogens with one attached hydrogen (secondary N) is 2. The van der Waals surface area contributed by atoms with E-state index in [9.17, 15) is 8.42 Å². The fraction of sp³-hybridized carbons (Fsp3) is 0.615. The van der Waals surface area contributed by atoms with Gasteiger partial charge in [-0.1, -0.05) is 0 Å². The van der Waals surface area contributed by atoms with Crippen LogP contribution in [0.25, 0.3) is 0 Å². The summed E-state index contributed by atoms with van der Waals surface area (Å²) < 4.78 is 25.0. The smallest absolute Gasteiger partial charge is 0.244 e. The second-order valence-corrected chi connectivity index (χ2v) is 7.39. The molecule has 0 radical (unpaired) electrons. The molecule has 0 amide bonds. The third-order valence-corrected chi connectivity index (χ3v) is 5.33. The quantitative estimate of drug-likeness (QED) is 0.810. The Labute approximate surface area is 120 Å². The summed E-state index contributed by atoms with van der Waals surface area (Å²) in [6.07, 6.45) is 3.73. The zero-order valence-corrected chi connectivity index (χ0v) is 12.8. The molecule has 0 saturated carbocycles. The van der Waals surface area contributed by atoms with Gasteiger partial charge in [-0.15, -0.1) is 0 Å². The zero-order valence-electron chi connectivity index (χ0n) is 12.0. The molecule has 1 fully saturated rings. The molecule has 1 atom stereocenters. The second kappa shape index (κ2) is 6.51. The van der Waals surface area contributed by atoms with Crippen molar-refractivity contribution in [2.45, 2.75) is 17.7 Å². The van der Waals surface area contributed by atoms with Crippen LogP contribution in [0.2, 0.25) is 0 Å². The molecule has 112 valence electrons. The van der Waals surface area contributed by atoms with E-state index in [1.165, 1.54) is 31.0 Å². The first-order chi connectivity index (χ1) is 9.50. The molecule has 2 N–H and O–H groups in total. The largest absolute Gasteiger partial charge is 0.370 e. The van der Waals surface area contributed by atoms with Gasteiger partial charge in [-0.25, -0.2) is 17.7 Å². The Hall–Kier alpha value is -1.18. The predicted molar refractivity (Wildman–Crippen MR) is 79.2 cm³/mol. The minimum atomic E-state index is -3.39. The van der Waals surface area contributed by atoms with Crippen LogP contribution in [0.15, 0.2) is 23.2 Å². The molecule has 1 unspecified atom stereocenters. The average Bonchev–Trinajstić information content (AvgIpc) is 2.92. The van der Waals surface area contributed by atoms with Gasteiger partial charge in [0.15, 0.2) is 0 Å². The monoisotopic (exact) mass is 298 g/mol. The van der Waals surface area contributed by atoms with Crippen LogP contribution in [0.4, 0.5) is 5.82 Å². The van der Waals surface area contributed by atoms with Crippen molar-refractivity contribution in [1.29, 1.82) is 0 Å². The number of sulfonamides is 1. The van der Waals surface area contributed by atoms with Gasteiger partial charge in [0.2, 0.25) is 10.0 Å². The Morgan fingerprint density at radius 1 is 1.45 bits per heavy atom. The first-order valence-corrected chi connectivity index (χ1v) is 8.27. The van der Waals surface area contributed by atoms with E-state index in [1.54, 1.807) is 12.1 Å². The highest BCUT2D eigenvalue weighted by Gasteiger charge is 2.17. The van der Waals surface area contributed by atoms with Crippen LogP contribution in [-0.2, 0) is 10.0 Å². The van der Waals surface area contributed by atoms with Gasteiger partial charge in [-0.05, 0) is 44.0 Å². The average molecular weight is 298 g/mol. The van der Waals surface area contributed by atoms with Gasteiger partial charge in [0, 0.05) is 26.8 Å². The highest BCUT2D eigenvalue weighted by atomic mass is 32.2. The fourth-order valence-electron chi connectivity index (χ4n) is 2.21. The predicted octanol–water partition coefficient (Wildman–Crippen LogP) is 0.743. The molecule has 1 aliphatic rings. The summed E-state index contributed by atoms with van der Waals surface area (Å²) in [5, 5.41) is 6.57. The van der Waals surface area contributed by atoms with E-state index in [-0.39, 0.29) is 4.90 Å². The van der Waals surface area contributed by atoms with Crippen LogP contribution >= 0.6 is 0 Å². The lowest BCUT2D eigenvalue weighted by atomic mass is 10.1. The number of aromatic nitrogens is 1. The lowest BCUT2D eigenvalue weighted by Gasteiger charge is -2.12. The van der Waals surface area contributed by atoms with E-state index in [4.69, 9.17) is 0 Å². The molecule has 6 nitrogen and oxygen atoms in total. The first kappa shape index (κ1) is 15.2. The van der Waals surface area contributed by atoms with Gasteiger partial charge < -0.3 is 10.6 Å². The fourth-order valence-corrected chi connectivity index (χ4v) is 3.06. The van der Waals surface area contributed by atoms with Gasteiger partial charge in [-0.3, -0.25) is 0 Å². The van der Waals surface area contributed by atoms with Gasteiger partial charge in [0.1, 0.15) is 10.7 Å². The Morgan fingerprint density at radius 2 is 2.25 bits per heavy atom. The van der Waals surface area contributed by atoms with E-state index in [0.717, 1.165) is 32.0 Å². The summed E-state index contributed by atoms with van der Waals surface area (Å²) in [6, 6.07) is 3.30. The highest BCUT2D eigenvalue weighted by Crippen LogP contribution is 2.15. The first-order valence-electron chi connectivity index (χ1n) is 6.83. The molecule has 20 heavy (non-hydrogen) atoms. The molecule has 0 aromatic carbocycles. The number of anilines is 1. The van der Waals surface area contributed by atoms with Crippen LogP contribution in [0, 0.1) is 5.92 Å². The normalized spacial score (nSPS) is 19.4. The van der Waals surface area contributed by atoms with Crippen molar-refractivity contribution >= 4 is 15.8 Å². The zero-order chi connectivity index (χ0) is 14.6. The highest BCUT2D eigenvalue weighted by molar-refractivity contribution is 7.89. The molecular formula is C13H22N4O2S. The molecule has 7 heteroatoms. The van der Waals surface area contributed by atoms with E-state index in [2.05, 4.69) is 15.6 Å². The van der Waals surface area contributed by atoms with Crippen LogP contribution in [0.3, 0.4) is 0 Å². The molecule has 1 aromatic rings. The van der Waals surface area contributed by atoms with Crippen molar-refractivity contribution in [3.05, 3.63) is 18.3 Å². The molecule has 1 aromatic heterocycles. The summed E-state index contributed by atoms with van der Waals surface area (Å²) in [7, 11) is -0.370. The number of nitrogens with zero attached hydrogens (tertiary/aromatic N) is 2. The summed E-state index contributed by atoms with van der Waals surface area (Å²) >= 11 is 0. The van der Waals surface area contributed by atoms with Crippen molar-refractivity contribution in [3.63, 3.8) is 0 Å². The Kier molecular flexibility index (Phi) is 4.95. The van der Waals surface area contributed by atoms with Gasteiger partial charge in [0.25, 0.3) is 0 Å². The van der Waals surface area contributed by atoms with Gasteiger partial charge >= 0.3 is 0 Å². The molecule has 0 bridgehead atoms. The van der Waals surface area contributed by atoms with E-state index in [0.29, 0.717) is 5.82 Å². The van der Waals surface area contributed by atoms with Gasteiger partial charge in [-0.2, -0.15) is 0 Å². The molecule has 0 spiro atoms. The summed E-state index contributed by atoms with van der Waals surface area (Å²) in [6.45, 7) is 3.06. The molecule has 1 aliphatic heterocycles. The van der Waals surface area contributed by atoms with E-state index in [1.807, 2.05) is 0 Å². The number of hydrogen-bond donors (Lipinski definition) is 2. The van der Waals surface area contributed by atoms with Crippen LogP contribution in [0.5, 0.6) is 0 Å². The molecule has 2 heterocycles. The maximum Gasteiger partial charge on any atom is 0.244 e. The Morgan fingerprint density at radius 3 is 2.80 bits per heavy atom. The summed E-state index contributed by atoms with van der Waals surface area (Å²) in [5.74, 6) is 1.45. The number of rotatable bonds is 6. The number of pyridine rings is 1. The third-order valence-electron chi connectivity index (χ3n) is 3.54. The minimum Gasteiger partial charge on any atom is -0.370 e. The minimum absolute atomic E-state index is 0.216. The molecule has 1 saturated heterocycles. The topological polar surface area (TPSA) is 74.3 Å². The van der Waals surface area contributed by atoms with Crippen molar-refractivity contribution in [1.82, 2.24) is 14.6 Å². The number of hydrogen-bond acceptors (Lipinski definition) is 5. The maximum absolute atomic E-state index is 11.9. The molecule has 0 aliphatic carbocycles. The van der Waals surface area contributed by atoms with Crippen molar-refractivity contribution in [2.24, 2.45) is 5.92 Å². The van der Waals surface area contributed by atoms with Gasteiger partial charge in [0.05, 0.1) is 0 Å².